The number of para-hydroxylation sites is 1. The first-order valence-electron chi connectivity index (χ1n) is 9.18. The summed E-state index contributed by atoms with van der Waals surface area (Å²) in [5, 5.41) is 20.4. The fourth-order valence-electron chi connectivity index (χ4n) is 3.37. The second-order valence-electron chi connectivity index (χ2n) is 7.50. The molecule has 0 radical (unpaired) electrons. The van der Waals surface area contributed by atoms with Gasteiger partial charge in [-0.3, -0.25) is 14.9 Å². The zero-order valence-electron chi connectivity index (χ0n) is 16.3. The number of hydrogen-bond donors (Lipinski definition) is 0. The Labute approximate surface area is 182 Å². The van der Waals surface area contributed by atoms with Gasteiger partial charge in [-0.2, -0.15) is 5.26 Å². The minimum absolute atomic E-state index is 0.196. The van der Waals surface area contributed by atoms with E-state index in [1.54, 1.807) is 36.4 Å². The van der Waals surface area contributed by atoms with Crippen molar-refractivity contribution in [3.63, 3.8) is 0 Å². The molecule has 3 unspecified atom stereocenters. The van der Waals surface area contributed by atoms with Crippen LogP contribution < -0.4 is 4.74 Å². The van der Waals surface area contributed by atoms with Gasteiger partial charge in [0.15, 0.2) is 0 Å². The monoisotopic (exact) mass is 470 g/mol. The zero-order valence-corrected chi connectivity index (χ0v) is 17.9. The quantitative estimate of drug-likeness (QED) is 0.233. The predicted molar refractivity (Wildman–Crippen MR) is 112 cm³/mol. The van der Waals surface area contributed by atoms with Crippen molar-refractivity contribution >= 4 is 21.9 Å². The number of nitriles is 1. The van der Waals surface area contributed by atoms with Crippen LogP contribution in [-0.4, -0.2) is 10.9 Å². The standard InChI is InChI=1S/C22H19BrN2O5/c1-22(2)17(12-19(23)25(27)28)20(22)21(26)30-18(13-24)14-7-6-10-16(11-14)29-15-8-4-3-5-9-15/h3-12,17-18,20H,1-2H3/b19-12+. The molecule has 2 aromatic rings. The molecule has 154 valence electrons. The third kappa shape index (κ3) is 4.69. The van der Waals surface area contributed by atoms with E-state index in [0.717, 1.165) is 0 Å². The number of carbonyl (C=O) groups is 1. The first-order chi connectivity index (χ1) is 14.2. The lowest BCUT2D eigenvalue weighted by Gasteiger charge is -2.13. The molecule has 3 atom stereocenters. The Hall–Kier alpha value is -3.18. The molecule has 1 aliphatic carbocycles. The number of hydrogen-bond acceptors (Lipinski definition) is 6. The number of rotatable bonds is 7. The summed E-state index contributed by atoms with van der Waals surface area (Å²) in [5.74, 6) is -0.323. The van der Waals surface area contributed by atoms with Crippen LogP contribution in [0.4, 0.5) is 0 Å². The van der Waals surface area contributed by atoms with E-state index in [1.165, 1.54) is 6.08 Å². The Morgan fingerprint density at radius 2 is 1.90 bits per heavy atom. The summed E-state index contributed by atoms with van der Waals surface area (Å²) in [5.41, 5.74) is -0.0130. The zero-order chi connectivity index (χ0) is 21.9. The molecular formula is C22H19BrN2O5. The molecule has 1 saturated carbocycles. The Kier molecular flexibility index (Phi) is 6.22. The molecule has 0 amide bonds. The smallest absolute Gasteiger partial charge is 0.311 e. The first-order valence-corrected chi connectivity index (χ1v) is 9.98. The van der Waals surface area contributed by atoms with E-state index in [0.29, 0.717) is 17.1 Å². The highest BCUT2D eigenvalue weighted by Crippen LogP contribution is 2.60. The molecule has 0 N–H and O–H groups in total. The summed E-state index contributed by atoms with van der Waals surface area (Å²) in [7, 11) is 0. The van der Waals surface area contributed by atoms with Gasteiger partial charge in [0.05, 0.1) is 10.8 Å². The topological polar surface area (TPSA) is 102 Å². The van der Waals surface area contributed by atoms with Crippen LogP contribution in [0.2, 0.25) is 0 Å². The van der Waals surface area contributed by atoms with Crippen LogP contribution in [0, 0.1) is 38.7 Å². The molecule has 0 aromatic heterocycles. The molecule has 2 aromatic carbocycles. The average molecular weight is 471 g/mol. The molecule has 3 rings (SSSR count). The molecule has 0 heterocycles. The van der Waals surface area contributed by atoms with Crippen LogP contribution in [-0.2, 0) is 9.53 Å². The normalized spacial score (nSPS) is 20.5. The third-order valence-corrected chi connectivity index (χ3v) is 5.70. The molecular weight excluding hydrogens is 452 g/mol. The van der Waals surface area contributed by atoms with E-state index in [2.05, 4.69) is 15.9 Å². The van der Waals surface area contributed by atoms with Crippen LogP contribution in [0.1, 0.15) is 25.5 Å². The van der Waals surface area contributed by atoms with E-state index in [1.807, 2.05) is 38.1 Å². The summed E-state index contributed by atoms with van der Waals surface area (Å²) in [6.07, 6.45) is 0.290. The molecule has 0 spiro atoms. The number of benzene rings is 2. The maximum absolute atomic E-state index is 12.7. The average Bonchev–Trinajstić information content (AvgIpc) is 3.26. The van der Waals surface area contributed by atoms with Gasteiger partial charge >= 0.3 is 10.6 Å². The van der Waals surface area contributed by atoms with Gasteiger partial charge in [0.2, 0.25) is 6.10 Å². The number of esters is 1. The van der Waals surface area contributed by atoms with Gasteiger partial charge in [-0.25, -0.2) is 0 Å². The number of ether oxygens (including phenoxy) is 2. The van der Waals surface area contributed by atoms with Crippen molar-refractivity contribution in [2.24, 2.45) is 17.3 Å². The van der Waals surface area contributed by atoms with E-state index in [9.17, 15) is 20.2 Å². The maximum atomic E-state index is 12.7. The number of carbonyl (C=O) groups excluding carboxylic acids is 1. The first kappa shape index (κ1) is 21.5. The van der Waals surface area contributed by atoms with Crippen LogP contribution >= 0.6 is 15.9 Å². The van der Waals surface area contributed by atoms with Gasteiger partial charge in [-0.15, -0.1) is 0 Å². The SMILES string of the molecule is CC1(C)C(/C=C(\Br)[N+](=O)[O-])C1C(=O)OC(C#N)c1cccc(Oc2ccccc2)c1. The lowest BCUT2D eigenvalue weighted by Crippen LogP contribution is -2.14. The number of nitrogens with zero attached hydrogens (tertiary/aromatic N) is 2. The summed E-state index contributed by atoms with van der Waals surface area (Å²) >= 11 is 2.89. The van der Waals surface area contributed by atoms with Crippen molar-refractivity contribution in [2.75, 3.05) is 0 Å². The van der Waals surface area contributed by atoms with Gasteiger partial charge in [0.1, 0.15) is 17.6 Å². The maximum Gasteiger partial charge on any atom is 0.311 e. The fourth-order valence-corrected chi connectivity index (χ4v) is 3.66. The minimum atomic E-state index is -1.11. The van der Waals surface area contributed by atoms with Crippen molar-refractivity contribution in [3.8, 4) is 17.6 Å². The molecule has 30 heavy (non-hydrogen) atoms. The largest absolute Gasteiger partial charge is 0.457 e. The van der Waals surface area contributed by atoms with Gasteiger partial charge in [-0.05, 0) is 29.7 Å². The second kappa shape index (κ2) is 8.67. The van der Waals surface area contributed by atoms with Crippen LogP contribution in [0.15, 0.2) is 65.3 Å². The van der Waals surface area contributed by atoms with E-state index in [4.69, 9.17) is 9.47 Å². The highest BCUT2D eigenvalue weighted by atomic mass is 79.9. The molecule has 7 nitrogen and oxygen atoms in total. The highest BCUT2D eigenvalue weighted by molar-refractivity contribution is 9.11. The Morgan fingerprint density at radius 1 is 1.23 bits per heavy atom. The minimum Gasteiger partial charge on any atom is -0.457 e. The molecule has 8 heteroatoms. The molecule has 1 fully saturated rings. The van der Waals surface area contributed by atoms with E-state index >= 15 is 0 Å². The van der Waals surface area contributed by atoms with E-state index < -0.39 is 28.3 Å². The van der Waals surface area contributed by atoms with Crippen LogP contribution in [0.3, 0.4) is 0 Å². The Balaban J connectivity index is 1.72. The summed E-state index contributed by atoms with van der Waals surface area (Å²) in [6, 6.07) is 18.0. The van der Waals surface area contributed by atoms with Crippen LogP contribution in [0.25, 0.3) is 0 Å². The Morgan fingerprint density at radius 3 is 2.53 bits per heavy atom. The fraction of sp³-hybridized carbons (Fsp3) is 0.273. The highest BCUT2D eigenvalue weighted by Gasteiger charge is 2.62. The molecule has 0 saturated heterocycles. The van der Waals surface area contributed by atoms with Gasteiger partial charge in [0, 0.05) is 33.5 Å². The molecule has 1 aliphatic rings. The lowest BCUT2D eigenvalue weighted by molar-refractivity contribution is -0.409. The van der Waals surface area contributed by atoms with Crippen molar-refractivity contribution in [2.45, 2.75) is 20.0 Å². The van der Waals surface area contributed by atoms with E-state index in [-0.39, 0.29) is 10.5 Å². The van der Waals surface area contributed by atoms with Crippen molar-refractivity contribution in [1.29, 1.82) is 5.26 Å². The van der Waals surface area contributed by atoms with Gasteiger partial charge < -0.3 is 9.47 Å². The lowest BCUT2D eigenvalue weighted by atomic mass is 10.1. The number of halogens is 1. The predicted octanol–water partition coefficient (Wildman–Crippen LogP) is 5.37. The third-order valence-electron chi connectivity index (χ3n) is 5.15. The second-order valence-corrected chi connectivity index (χ2v) is 8.32. The van der Waals surface area contributed by atoms with Crippen molar-refractivity contribution < 1.29 is 19.2 Å². The van der Waals surface area contributed by atoms with Gasteiger partial charge in [0.25, 0.3) is 0 Å². The number of allylic oxidation sites excluding steroid dienone is 1. The summed E-state index contributed by atoms with van der Waals surface area (Å²) in [4.78, 5) is 23.0. The van der Waals surface area contributed by atoms with Crippen molar-refractivity contribution in [1.82, 2.24) is 0 Å². The van der Waals surface area contributed by atoms with Crippen LogP contribution in [0.5, 0.6) is 11.5 Å². The molecule has 0 bridgehead atoms. The van der Waals surface area contributed by atoms with Crippen molar-refractivity contribution in [3.05, 3.63) is 81.0 Å². The summed E-state index contributed by atoms with van der Waals surface area (Å²) in [6.45, 7) is 3.66. The Bertz CT molecular complexity index is 1030. The molecule has 0 aliphatic heterocycles. The van der Waals surface area contributed by atoms with Gasteiger partial charge in [-0.1, -0.05) is 44.2 Å². The number of nitro groups is 1. The summed E-state index contributed by atoms with van der Waals surface area (Å²) < 4.78 is 11.0.